The SMILES string of the molecule is CCCNCc1ccc(N(CC)CCOC)c(C)c1. The molecule has 0 heterocycles. The quantitative estimate of drug-likeness (QED) is 0.694. The van der Waals surface area contributed by atoms with E-state index in [2.05, 4.69) is 49.2 Å². The second-order valence-corrected chi connectivity index (χ2v) is 4.87. The van der Waals surface area contributed by atoms with Crippen molar-refractivity contribution in [3.05, 3.63) is 29.3 Å². The van der Waals surface area contributed by atoms with Gasteiger partial charge in [0.25, 0.3) is 0 Å². The van der Waals surface area contributed by atoms with Gasteiger partial charge < -0.3 is 15.0 Å². The van der Waals surface area contributed by atoms with Crippen molar-refractivity contribution >= 4 is 5.69 Å². The van der Waals surface area contributed by atoms with Crippen molar-refractivity contribution in [1.82, 2.24) is 5.32 Å². The number of hydrogen-bond donors (Lipinski definition) is 1. The summed E-state index contributed by atoms with van der Waals surface area (Å²) >= 11 is 0. The van der Waals surface area contributed by atoms with E-state index in [-0.39, 0.29) is 0 Å². The van der Waals surface area contributed by atoms with Gasteiger partial charge in [-0.2, -0.15) is 0 Å². The summed E-state index contributed by atoms with van der Waals surface area (Å²) in [5.41, 5.74) is 4.02. The standard InChI is InChI=1S/C16H28N2O/c1-5-9-17-13-15-7-8-16(14(3)12-15)18(6-2)10-11-19-4/h7-8,12,17H,5-6,9-11,13H2,1-4H3. The molecular formula is C16H28N2O. The molecule has 0 amide bonds. The predicted molar refractivity (Wildman–Crippen MR) is 82.9 cm³/mol. The normalized spacial score (nSPS) is 10.7. The second kappa shape index (κ2) is 8.94. The van der Waals surface area contributed by atoms with Gasteiger partial charge in [-0.25, -0.2) is 0 Å². The molecule has 0 aliphatic heterocycles. The molecule has 0 spiro atoms. The van der Waals surface area contributed by atoms with Crippen LogP contribution in [0.4, 0.5) is 5.69 Å². The van der Waals surface area contributed by atoms with Gasteiger partial charge >= 0.3 is 0 Å². The van der Waals surface area contributed by atoms with E-state index in [0.717, 1.165) is 32.8 Å². The number of rotatable bonds is 9. The topological polar surface area (TPSA) is 24.5 Å². The van der Waals surface area contributed by atoms with Crippen LogP contribution in [-0.4, -0.2) is 33.4 Å². The molecule has 0 radical (unpaired) electrons. The van der Waals surface area contributed by atoms with Gasteiger partial charge in [-0.05, 0) is 44.0 Å². The maximum Gasteiger partial charge on any atom is 0.0637 e. The third kappa shape index (κ3) is 5.21. The zero-order chi connectivity index (χ0) is 14.1. The number of nitrogens with zero attached hydrogens (tertiary/aromatic N) is 1. The molecule has 1 aromatic rings. The lowest BCUT2D eigenvalue weighted by molar-refractivity contribution is 0.205. The molecule has 1 N–H and O–H groups in total. The Hall–Kier alpha value is -1.06. The fraction of sp³-hybridized carbons (Fsp3) is 0.625. The van der Waals surface area contributed by atoms with Crippen molar-refractivity contribution < 1.29 is 4.74 Å². The van der Waals surface area contributed by atoms with Crippen LogP contribution < -0.4 is 10.2 Å². The van der Waals surface area contributed by atoms with Crippen molar-refractivity contribution in [2.45, 2.75) is 33.7 Å². The number of anilines is 1. The van der Waals surface area contributed by atoms with Crippen LogP contribution in [0.2, 0.25) is 0 Å². The average Bonchev–Trinajstić information content (AvgIpc) is 2.41. The van der Waals surface area contributed by atoms with Crippen LogP contribution in [-0.2, 0) is 11.3 Å². The highest BCUT2D eigenvalue weighted by Gasteiger charge is 2.07. The number of methoxy groups -OCH3 is 1. The van der Waals surface area contributed by atoms with Crippen molar-refractivity contribution in [2.24, 2.45) is 0 Å². The number of aryl methyl sites for hydroxylation is 1. The zero-order valence-electron chi connectivity index (χ0n) is 12.8. The molecule has 0 aliphatic carbocycles. The van der Waals surface area contributed by atoms with E-state index in [1.807, 2.05) is 0 Å². The molecule has 3 heteroatoms. The fourth-order valence-electron chi connectivity index (χ4n) is 2.24. The van der Waals surface area contributed by atoms with Gasteiger partial charge in [-0.15, -0.1) is 0 Å². The molecule has 0 atom stereocenters. The number of likely N-dealkylation sites (N-methyl/N-ethyl adjacent to an activating group) is 1. The fourth-order valence-corrected chi connectivity index (χ4v) is 2.24. The van der Waals surface area contributed by atoms with E-state index in [1.54, 1.807) is 7.11 Å². The second-order valence-electron chi connectivity index (χ2n) is 4.87. The molecule has 1 rings (SSSR count). The summed E-state index contributed by atoms with van der Waals surface area (Å²) < 4.78 is 5.17. The summed E-state index contributed by atoms with van der Waals surface area (Å²) in [4.78, 5) is 2.36. The molecule has 0 aliphatic rings. The van der Waals surface area contributed by atoms with Gasteiger partial charge in [-0.1, -0.05) is 19.1 Å². The molecule has 0 saturated carbocycles. The van der Waals surface area contributed by atoms with E-state index in [1.165, 1.54) is 23.2 Å². The van der Waals surface area contributed by atoms with E-state index in [0.29, 0.717) is 0 Å². The number of benzene rings is 1. The first-order chi connectivity index (χ1) is 9.22. The lowest BCUT2D eigenvalue weighted by Crippen LogP contribution is -2.27. The van der Waals surface area contributed by atoms with Gasteiger partial charge in [0.05, 0.1) is 6.61 Å². The van der Waals surface area contributed by atoms with E-state index in [9.17, 15) is 0 Å². The highest BCUT2D eigenvalue weighted by atomic mass is 16.5. The molecule has 0 fully saturated rings. The Morgan fingerprint density at radius 1 is 1.26 bits per heavy atom. The Morgan fingerprint density at radius 2 is 2.05 bits per heavy atom. The summed E-state index contributed by atoms with van der Waals surface area (Å²) in [5.74, 6) is 0. The summed E-state index contributed by atoms with van der Waals surface area (Å²) in [6.45, 7) is 11.3. The zero-order valence-corrected chi connectivity index (χ0v) is 12.8. The Kier molecular flexibility index (Phi) is 7.53. The lowest BCUT2D eigenvalue weighted by Gasteiger charge is -2.25. The van der Waals surface area contributed by atoms with Crippen LogP contribution in [0, 0.1) is 6.92 Å². The van der Waals surface area contributed by atoms with Crippen molar-refractivity contribution in [3.63, 3.8) is 0 Å². The first kappa shape index (κ1) is 16.0. The number of ether oxygens (including phenoxy) is 1. The number of nitrogens with one attached hydrogen (secondary N) is 1. The third-order valence-corrected chi connectivity index (χ3v) is 3.30. The van der Waals surface area contributed by atoms with Crippen molar-refractivity contribution in [1.29, 1.82) is 0 Å². The van der Waals surface area contributed by atoms with Crippen molar-refractivity contribution in [3.8, 4) is 0 Å². The first-order valence-corrected chi connectivity index (χ1v) is 7.27. The monoisotopic (exact) mass is 264 g/mol. The minimum absolute atomic E-state index is 0.771. The Balaban J connectivity index is 2.69. The largest absolute Gasteiger partial charge is 0.383 e. The minimum atomic E-state index is 0.771. The Bertz CT molecular complexity index is 366. The molecule has 1 aromatic carbocycles. The van der Waals surface area contributed by atoms with E-state index >= 15 is 0 Å². The van der Waals surface area contributed by atoms with E-state index in [4.69, 9.17) is 4.74 Å². The maximum atomic E-state index is 5.17. The average molecular weight is 264 g/mol. The van der Waals surface area contributed by atoms with Gasteiger partial charge in [0.15, 0.2) is 0 Å². The van der Waals surface area contributed by atoms with Crippen LogP contribution in [0.3, 0.4) is 0 Å². The van der Waals surface area contributed by atoms with Crippen LogP contribution in [0.5, 0.6) is 0 Å². The maximum absolute atomic E-state index is 5.17. The molecule has 108 valence electrons. The van der Waals surface area contributed by atoms with Gasteiger partial charge in [-0.3, -0.25) is 0 Å². The predicted octanol–water partition coefficient (Wildman–Crippen LogP) is 2.97. The Labute approximate surface area is 118 Å². The lowest BCUT2D eigenvalue weighted by atomic mass is 10.1. The van der Waals surface area contributed by atoms with Gasteiger partial charge in [0.2, 0.25) is 0 Å². The summed E-state index contributed by atoms with van der Waals surface area (Å²) in [7, 11) is 1.75. The number of hydrogen-bond acceptors (Lipinski definition) is 3. The molecule has 0 bridgehead atoms. The highest BCUT2D eigenvalue weighted by Crippen LogP contribution is 2.21. The summed E-state index contributed by atoms with van der Waals surface area (Å²) in [6.07, 6.45) is 1.18. The van der Waals surface area contributed by atoms with Crippen LogP contribution in [0.15, 0.2) is 18.2 Å². The minimum Gasteiger partial charge on any atom is -0.383 e. The Morgan fingerprint density at radius 3 is 2.63 bits per heavy atom. The third-order valence-electron chi connectivity index (χ3n) is 3.30. The van der Waals surface area contributed by atoms with Gasteiger partial charge in [0.1, 0.15) is 0 Å². The smallest absolute Gasteiger partial charge is 0.0637 e. The summed E-state index contributed by atoms with van der Waals surface area (Å²) in [6, 6.07) is 6.74. The van der Waals surface area contributed by atoms with E-state index < -0.39 is 0 Å². The first-order valence-electron chi connectivity index (χ1n) is 7.27. The molecule has 3 nitrogen and oxygen atoms in total. The molecule has 19 heavy (non-hydrogen) atoms. The molecule has 0 unspecified atom stereocenters. The van der Waals surface area contributed by atoms with Crippen LogP contribution >= 0.6 is 0 Å². The van der Waals surface area contributed by atoms with Crippen LogP contribution in [0.25, 0.3) is 0 Å². The highest BCUT2D eigenvalue weighted by molar-refractivity contribution is 5.54. The van der Waals surface area contributed by atoms with Crippen molar-refractivity contribution in [2.75, 3.05) is 38.3 Å². The molecule has 0 saturated heterocycles. The molecule has 0 aromatic heterocycles. The van der Waals surface area contributed by atoms with Crippen LogP contribution in [0.1, 0.15) is 31.4 Å². The van der Waals surface area contributed by atoms with Gasteiger partial charge in [0, 0.05) is 32.4 Å². The summed E-state index contributed by atoms with van der Waals surface area (Å²) in [5, 5.41) is 3.44. The molecular weight excluding hydrogens is 236 g/mol.